The standard InChI is InChI=1S/C18H20ClNO2/c1-3-17(14-6-4-13(2)5-7-14)20-18(21)12-22-16-10-8-15(19)9-11-16/h4-11,17H,3,12H2,1-2H3,(H,20,21)/t17-/m1/s1. The maximum atomic E-state index is 12.0. The fraction of sp³-hybridized carbons (Fsp3) is 0.278. The number of aryl methyl sites for hydroxylation is 1. The van der Waals surface area contributed by atoms with Gasteiger partial charge in [0.15, 0.2) is 6.61 Å². The fourth-order valence-electron chi connectivity index (χ4n) is 2.14. The minimum atomic E-state index is -0.137. The average Bonchev–Trinajstić information content (AvgIpc) is 2.53. The predicted molar refractivity (Wildman–Crippen MR) is 89.3 cm³/mol. The summed E-state index contributed by atoms with van der Waals surface area (Å²) in [5.74, 6) is 0.491. The summed E-state index contributed by atoms with van der Waals surface area (Å²) in [7, 11) is 0. The quantitative estimate of drug-likeness (QED) is 0.863. The van der Waals surface area contributed by atoms with Gasteiger partial charge in [-0.1, -0.05) is 48.4 Å². The van der Waals surface area contributed by atoms with Gasteiger partial charge in [-0.15, -0.1) is 0 Å². The van der Waals surface area contributed by atoms with E-state index in [9.17, 15) is 4.79 Å². The Morgan fingerprint density at radius 3 is 2.36 bits per heavy atom. The Bertz CT molecular complexity index is 608. The van der Waals surface area contributed by atoms with Gasteiger partial charge in [0.05, 0.1) is 6.04 Å². The second-order valence-corrected chi connectivity index (χ2v) is 5.62. The number of hydrogen-bond donors (Lipinski definition) is 1. The number of benzene rings is 2. The first-order valence-corrected chi connectivity index (χ1v) is 7.70. The lowest BCUT2D eigenvalue weighted by molar-refractivity contribution is -0.123. The molecule has 0 saturated carbocycles. The molecule has 2 rings (SSSR count). The van der Waals surface area contributed by atoms with Gasteiger partial charge < -0.3 is 10.1 Å². The average molecular weight is 318 g/mol. The molecule has 2 aromatic rings. The van der Waals surface area contributed by atoms with E-state index in [-0.39, 0.29) is 18.6 Å². The van der Waals surface area contributed by atoms with Crippen LogP contribution >= 0.6 is 11.6 Å². The maximum absolute atomic E-state index is 12.0. The van der Waals surface area contributed by atoms with E-state index in [0.717, 1.165) is 12.0 Å². The van der Waals surface area contributed by atoms with E-state index in [0.29, 0.717) is 10.8 Å². The Morgan fingerprint density at radius 1 is 1.14 bits per heavy atom. The summed E-state index contributed by atoms with van der Waals surface area (Å²) in [5.41, 5.74) is 2.31. The van der Waals surface area contributed by atoms with Gasteiger partial charge in [-0.3, -0.25) is 4.79 Å². The van der Waals surface area contributed by atoms with Crippen molar-refractivity contribution in [3.63, 3.8) is 0 Å². The highest BCUT2D eigenvalue weighted by molar-refractivity contribution is 6.30. The Hall–Kier alpha value is -2.00. The second kappa shape index (κ2) is 7.85. The number of carbonyl (C=O) groups excluding carboxylic acids is 1. The molecule has 0 radical (unpaired) electrons. The zero-order valence-corrected chi connectivity index (χ0v) is 13.6. The Balaban J connectivity index is 1.89. The lowest BCUT2D eigenvalue weighted by Gasteiger charge is -2.18. The van der Waals surface area contributed by atoms with Crippen LogP contribution in [0.15, 0.2) is 48.5 Å². The molecule has 0 heterocycles. The number of ether oxygens (including phenoxy) is 1. The van der Waals surface area contributed by atoms with Crippen LogP contribution in [0.1, 0.15) is 30.5 Å². The van der Waals surface area contributed by atoms with E-state index < -0.39 is 0 Å². The molecule has 0 aliphatic carbocycles. The van der Waals surface area contributed by atoms with E-state index in [4.69, 9.17) is 16.3 Å². The van der Waals surface area contributed by atoms with Crippen LogP contribution in [0.3, 0.4) is 0 Å². The highest BCUT2D eigenvalue weighted by Gasteiger charge is 2.13. The number of hydrogen-bond acceptors (Lipinski definition) is 2. The third kappa shape index (κ3) is 4.78. The lowest BCUT2D eigenvalue weighted by atomic mass is 10.0. The Kier molecular flexibility index (Phi) is 5.84. The highest BCUT2D eigenvalue weighted by Crippen LogP contribution is 2.18. The molecule has 0 aliphatic rings. The van der Waals surface area contributed by atoms with Crippen molar-refractivity contribution in [1.29, 1.82) is 0 Å². The van der Waals surface area contributed by atoms with Crippen molar-refractivity contribution < 1.29 is 9.53 Å². The zero-order chi connectivity index (χ0) is 15.9. The molecule has 22 heavy (non-hydrogen) atoms. The maximum Gasteiger partial charge on any atom is 0.258 e. The lowest BCUT2D eigenvalue weighted by Crippen LogP contribution is -2.32. The third-order valence-corrected chi connectivity index (χ3v) is 3.66. The van der Waals surface area contributed by atoms with Gasteiger partial charge in [0, 0.05) is 5.02 Å². The first-order chi connectivity index (χ1) is 10.6. The summed E-state index contributed by atoms with van der Waals surface area (Å²) < 4.78 is 5.45. The van der Waals surface area contributed by atoms with Gasteiger partial charge in [0.1, 0.15) is 5.75 Å². The highest BCUT2D eigenvalue weighted by atomic mass is 35.5. The Labute approximate surface area is 136 Å². The van der Waals surface area contributed by atoms with E-state index in [2.05, 4.69) is 5.32 Å². The van der Waals surface area contributed by atoms with Crippen molar-refractivity contribution in [1.82, 2.24) is 5.32 Å². The van der Waals surface area contributed by atoms with E-state index in [1.807, 2.05) is 38.1 Å². The van der Waals surface area contributed by atoms with Gasteiger partial charge in [-0.05, 0) is 43.2 Å². The third-order valence-electron chi connectivity index (χ3n) is 3.41. The molecule has 4 heteroatoms. The number of halogens is 1. The Morgan fingerprint density at radius 2 is 1.77 bits per heavy atom. The summed E-state index contributed by atoms with van der Waals surface area (Å²) in [6.45, 7) is 4.08. The molecule has 0 aromatic heterocycles. The molecule has 0 saturated heterocycles. The SMILES string of the molecule is CC[C@@H](NC(=O)COc1ccc(Cl)cc1)c1ccc(C)cc1. The molecule has 2 aromatic carbocycles. The normalized spacial score (nSPS) is 11.8. The van der Waals surface area contributed by atoms with Crippen molar-refractivity contribution in [2.24, 2.45) is 0 Å². The molecule has 0 spiro atoms. The minimum Gasteiger partial charge on any atom is -0.484 e. The van der Waals surface area contributed by atoms with Gasteiger partial charge in [0.2, 0.25) is 0 Å². The van der Waals surface area contributed by atoms with E-state index >= 15 is 0 Å². The van der Waals surface area contributed by atoms with Crippen LogP contribution in [0, 0.1) is 6.92 Å². The molecule has 3 nitrogen and oxygen atoms in total. The second-order valence-electron chi connectivity index (χ2n) is 5.18. The molecule has 0 bridgehead atoms. The van der Waals surface area contributed by atoms with Gasteiger partial charge in [-0.25, -0.2) is 0 Å². The first kappa shape index (κ1) is 16.4. The van der Waals surface area contributed by atoms with Crippen LogP contribution < -0.4 is 10.1 Å². The summed E-state index contributed by atoms with van der Waals surface area (Å²) in [4.78, 5) is 12.0. The van der Waals surface area contributed by atoms with Crippen molar-refractivity contribution >= 4 is 17.5 Å². The van der Waals surface area contributed by atoms with Crippen molar-refractivity contribution in [2.75, 3.05) is 6.61 Å². The number of amides is 1. The van der Waals surface area contributed by atoms with Crippen LogP contribution in [0.4, 0.5) is 0 Å². The smallest absolute Gasteiger partial charge is 0.258 e. The number of nitrogens with one attached hydrogen (secondary N) is 1. The molecule has 1 N–H and O–H groups in total. The number of carbonyl (C=O) groups is 1. The van der Waals surface area contributed by atoms with Crippen LogP contribution in [-0.4, -0.2) is 12.5 Å². The summed E-state index contributed by atoms with van der Waals surface area (Å²) in [5, 5.41) is 3.64. The fourth-order valence-corrected chi connectivity index (χ4v) is 2.26. The minimum absolute atomic E-state index is 0.00178. The molecule has 1 atom stereocenters. The van der Waals surface area contributed by atoms with Gasteiger partial charge in [0.25, 0.3) is 5.91 Å². The summed E-state index contributed by atoms with van der Waals surface area (Å²) in [6.07, 6.45) is 0.829. The molecule has 0 aliphatic heterocycles. The molecule has 116 valence electrons. The summed E-state index contributed by atoms with van der Waals surface area (Å²) >= 11 is 5.81. The van der Waals surface area contributed by atoms with E-state index in [1.54, 1.807) is 24.3 Å². The first-order valence-electron chi connectivity index (χ1n) is 7.32. The molecular formula is C18H20ClNO2. The topological polar surface area (TPSA) is 38.3 Å². The van der Waals surface area contributed by atoms with Crippen LogP contribution in [0.25, 0.3) is 0 Å². The van der Waals surface area contributed by atoms with Crippen molar-refractivity contribution in [2.45, 2.75) is 26.3 Å². The number of rotatable bonds is 6. The molecule has 1 amide bonds. The monoisotopic (exact) mass is 317 g/mol. The van der Waals surface area contributed by atoms with Crippen LogP contribution in [0.5, 0.6) is 5.75 Å². The van der Waals surface area contributed by atoms with Crippen LogP contribution in [0.2, 0.25) is 5.02 Å². The largest absolute Gasteiger partial charge is 0.484 e. The van der Waals surface area contributed by atoms with E-state index in [1.165, 1.54) is 5.56 Å². The predicted octanol–water partition coefficient (Wildman–Crippen LogP) is 4.29. The van der Waals surface area contributed by atoms with Gasteiger partial charge in [-0.2, -0.15) is 0 Å². The molecular weight excluding hydrogens is 298 g/mol. The van der Waals surface area contributed by atoms with Crippen molar-refractivity contribution in [3.05, 3.63) is 64.7 Å². The van der Waals surface area contributed by atoms with Crippen molar-refractivity contribution in [3.8, 4) is 5.75 Å². The molecule has 0 unspecified atom stereocenters. The molecule has 0 fully saturated rings. The zero-order valence-electron chi connectivity index (χ0n) is 12.8. The van der Waals surface area contributed by atoms with Crippen LogP contribution in [-0.2, 0) is 4.79 Å². The van der Waals surface area contributed by atoms with Gasteiger partial charge >= 0.3 is 0 Å². The summed E-state index contributed by atoms with van der Waals surface area (Å²) in [6, 6.07) is 15.1.